The average Bonchev–Trinajstić information content (AvgIpc) is 2.77. The molecule has 31 heavy (non-hydrogen) atoms. The molecule has 1 aliphatic heterocycles. The summed E-state index contributed by atoms with van der Waals surface area (Å²) in [6.07, 6.45) is 4.87. The Morgan fingerprint density at radius 3 is 2.97 bits per heavy atom. The highest BCUT2D eigenvalue weighted by atomic mass is 35.5. The predicted octanol–water partition coefficient (Wildman–Crippen LogP) is 2.55. The maximum atomic E-state index is 11.8. The molecular formula is C22H26ClN5O3. The van der Waals surface area contributed by atoms with Gasteiger partial charge < -0.3 is 20.6 Å². The Hall–Kier alpha value is -2.97. The lowest BCUT2D eigenvalue weighted by molar-refractivity contribution is -0.135. The first-order chi connectivity index (χ1) is 14.9. The van der Waals surface area contributed by atoms with E-state index in [9.17, 15) is 9.59 Å². The highest BCUT2D eigenvalue weighted by molar-refractivity contribution is 6.31. The summed E-state index contributed by atoms with van der Waals surface area (Å²) in [5.74, 6) is -0.147. The molecule has 8 nitrogen and oxygen atoms in total. The van der Waals surface area contributed by atoms with E-state index in [1.54, 1.807) is 11.1 Å². The molecule has 1 fully saturated rings. The van der Waals surface area contributed by atoms with Crippen LogP contribution in [0.1, 0.15) is 29.7 Å². The quantitative estimate of drug-likeness (QED) is 0.567. The molecule has 164 valence electrons. The number of aliphatic hydroxyl groups is 1. The maximum Gasteiger partial charge on any atom is 0.248 e. The third kappa shape index (κ3) is 6.02. The number of hydrogen-bond acceptors (Lipinski definition) is 6. The Morgan fingerprint density at radius 2 is 2.23 bits per heavy atom. The molecule has 9 heteroatoms. The number of anilines is 2. The maximum absolute atomic E-state index is 11.8. The third-order valence-electron chi connectivity index (χ3n) is 5.13. The van der Waals surface area contributed by atoms with Crippen molar-refractivity contribution in [3.8, 4) is 0 Å². The Kier molecular flexibility index (Phi) is 7.59. The number of likely N-dealkylation sites (tertiary alicyclic amines) is 1. The van der Waals surface area contributed by atoms with Crippen molar-refractivity contribution in [2.75, 3.05) is 30.3 Å². The molecular weight excluding hydrogens is 418 g/mol. The van der Waals surface area contributed by atoms with Gasteiger partial charge >= 0.3 is 0 Å². The zero-order valence-electron chi connectivity index (χ0n) is 17.4. The lowest BCUT2D eigenvalue weighted by Crippen LogP contribution is -2.46. The molecule has 0 bridgehead atoms. The third-order valence-corrected chi connectivity index (χ3v) is 5.44. The van der Waals surface area contributed by atoms with Crippen molar-refractivity contribution >= 4 is 35.1 Å². The van der Waals surface area contributed by atoms with E-state index >= 15 is 0 Å². The summed E-state index contributed by atoms with van der Waals surface area (Å²) in [6, 6.07) is 5.76. The van der Waals surface area contributed by atoms with Gasteiger partial charge in [-0.2, -0.15) is 0 Å². The number of nitrogens with one attached hydrogen (secondary N) is 2. The van der Waals surface area contributed by atoms with Gasteiger partial charge in [0.2, 0.25) is 17.8 Å². The second-order valence-corrected chi connectivity index (χ2v) is 7.91. The SMILES string of the molecule is C=CC(=O)Nc1cc(C)ccc1Cc1nc(N[C@H]2CCCN(C(=O)CO)C2)ncc1Cl. The average molecular weight is 444 g/mol. The molecule has 0 aliphatic carbocycles. The van der Waals surface area contributed by atoms with Crippen LogP contribution < -0.4 is 10.6 Å². The van der Waals surface area contributed by atoms with Gasteiger partial charge in [0.25, 0.3) is 0 Å². The summed E-state index contributed by atoms with van der Waals surface area (Å²) in [6.45, 7) is 6.07. The van der Waals surface area contributed by atoms with Crippen molar-refractivity contribution in [2.24, 2.45) is 0 Å². The van der Waals surface area contributed by atoms with Gasteiger partial charge in [0.15, 0.2) is 0 Å². The van der Waals surface area contributed by atoms with Gasteiger partial charge in [-0.05, 0) is 43.0 Å². The molecule has 2 amide bonds. The number of hydrogen-bond donors (Lipinski definition) is 3. The highest BCUT2D eigenvalue weighted by Gasteiger charge is 2.24. The summed E-state index contributed by atoms with van der Waals surface area (Å²) in [5, 5.41) is 15.6. The minimum Gasteiger partial charge on any atom is -0.387 e. The van der Waals surface area contributed by atoms with Gasteiger partial charge in [0, 0.05) is 31.2 Å². The lowest BCUT2D eigenvalue weighted by Gasteiger charge is -2.32. The van der Waals surface area contributed by atoms with Crippen LogP contribution in [0.15, 0.2) is 37.1 Å². The van der Waals surface area contributed by atoms with E-state index in [2.05, 4.69) is 27.2 Å². The monoisotopic (exact) mass is 443 g/mol. The Balaban J connectivity index is 1.77. The standard InChI is InChI=1S/C22H26ClN5O3/c1-3-20(30)26-18-9-14(2)6-7-15(18)10-19-17(23)11-24-22(27-19)25-16-5-4-8-28(12-16)21(31)13-29/h3,6-7,9,11,16,29H,1,4-5,8,10,12-13H2,2H3,(H,26,30)(H,24,25,27)/t16-/m0/s1. The predicted molar refractivity (Wildman–Crippen MR) is 120 cm³/mol. The number of rotatable bonds is 7. The minimum absolute atomic E-state index is 0.0138. The largest absolute Gasteiger partial charge is 0.387 e. The zero-order chi connectivity index (χ0) is 22.4. The van der Waals surface area contributed by atoms with Crippen LogP contribution in [0.25, 0.3) is 0 Å². The van der Waals surface area contributed by atoms with E-state index in [1.165, 1.54) is 6.08 Å². The first kappa shape index (κ1) is 22.7. The van der Waals surface area contributed by atoms with Crippen molar-refractivity contribution in [1.29, 1.82) is 0 Å². The van der Waals surface area contributed by atoms with E-state index in [4.69, 9.17) is 16.7 Å². The summed E-state index contributed by atoms with van der Waals surface area (Å²) < 4.78 is 0. The summed E-state index contributed by atoms with van der Waals surface area (Å²) in [5.41, 5.74) is 3.18. The van der Waals surface area contributed by atoms with Crippen LogP contribution >= 0.6 is 11.6 Å². The van der Waals surface area contributed by atoms with E-state index in [-0.39, 0.29) is 17.9 Å². The number of halogens is 1. The van der Waals surface area contributed by atoms with Crippen LogP contribution in [0.3, 0.4) is 0 Å². The van der Waals surface area contributed by atoms with Gasteiger partial charge in [-0.25, -0.2) is 9.97 Å². The van der Waals surface area contributed by atoms with Crippen LogP contribution in [0.5, 0.6) is 0 Å². The minimum atomic E-state index is -0.490. The van der Waals surface area contributed by atoms with E-state index in [0.29, 0.717) is 41.9 Å². The molecule has 0 saturated carbocycles. The van der Waals surface area contributed by atoms with Gasteiger partial charge in [-0.15, -0.1) is 0 Å². The second-order valence-electron chi connectivity index (χ2n) is 7.50. The zero-order valence-corrected chi connectivity index (χ0v) is 18.2. The first-order valence-corrected chi connectivity index (χ1v) is 10.5. The van der Waals surface area contributed by atoms with Crippen LogP contribution in [0.2, 0.25) is 5.02 Å². The molecule has 1 aromatic heterocycles. The van der Waals surface area contributed by atoms with Gasteiger partial charge in [0.05, 0.1) is 16.9 Å². The molecule has 0 spiro atoms. The number of amides is 2. The van der Waals surface area contributed by atoms with Gasteiger partial charge in [-0.1, -0.05) is 30.3 Å². The summed E-state index contributed by atoms with van der Waals surface area (Å²) in [4.78, 5) is 34.1. The van der Waals surface area contributed by atoms with Crippen LogP contribution in [0, 0.1) is 6.92 Å². The molecule has 0 unspecified atom stereocenters. The van der Waals surface area contributed by atoms with Crippen molar-refractivity contribution in [2.45, 2.75) is 32.2 Å². The van der Waals surface area contributed by atoms with Crippen molar-refractivity contribution < 1.29 is 14.7 Å². The smallest absolute Gasteiger partial charge is 0.248 e. The van der Waals surface area contributed by atoms with Crippen molar-refractivity contribution in [3.63, 3.8) is 0 Å². The summed E-state index contributed by atoms with van der Waals surface area (Å²) >= 11 is 6.35. The van der Waals surface area contributed by atoms with Crippen LogP contribution in [0.4, 0.5) is 11.6 Å². The Morgan fingerprint density at radius 1 is 1.42 bits per heavy atom. The van der Waals surface area contributed by atoms with E-state index < -0.39 is 6.61 Å². The fraction of sp³-hybridized carbons (Fsp3) is 0.364. The normalized spacial score (nSPS) is 16.0. The molecule has 1 aromatic carbocycles. The highest BCUT2D eigenvalue weighted by Crippen LogP contribution is 2.25. The van der Waals surface area contributed by atoms with Crippen LogP contribution in [-0.4, -0.2) is 57.5 Å². The fourth-order valence-corrected chi connectivity index (χ4v) is 3.68. The molecule has 0 radical (unpaired) electrons. The number of aryl methyl sites for hydroxylation is 1. The number of benzene rings is 1. The molecule has 1 atom stereocenters. The molecule has 1 aliphatic rings. The first-order valence-electron chi connectivity index (χ1n) is 10.1. The molecule has 2 heterocycles. The molecule has 2 aromatic rings. The van der Waals surface area contributed by atoms with Gasteiger partial charge in [-0.3, -0.25) is 9.59 Å². The van der Waals surface area contributed by atoms with E-state index in [1.807, 2.05) is 25.1 Å². The topological polar surface area (TPSA) is 107 Å². The number of carbonyl (C=O) groups excluding carboxylic acids is 2. The van der Waals surface area contributed by atoms with Crippen LogP contribution in [-0.2, 0) is 16.0 Å². The Bertz CT molecular complexity index is 982. The summed E-state index contributed by atoms with van der Waals surface area (Å²) in [7, 11) is 0. The molecule has 3 N–H and O–H groups in total. The lowest BCUT2D eigenvalue weighted by atomic mass is 10.0. The Labute approximate surface area is 186 Å². The number of nitrogens with zero attached hydrogens (tertiary/aromatic N) is 3. The van der Waals surface area contributed by atoms with Crippen molar-refractivity contribution in [3.05, 3.63) is 58.9 Å². The molecule has 3 rings (SSSR count). The number of aromatic nitrogens is 2. The number of piperidine rings is 1. The number of carbonyl (C=O) groups is 2. The molecule has 1 saturated heterocycles. The fourth-order valence-electron chi connectivity index (χ4n) is 3.52. The number of aliphatic hydroxyl groups excluding tert-OH is 1. The van der Waals surface area contributed by atoms with Gasteiger partial charge in [0.1, 0.15) is 6.61 Å². The second kappa shape index (κ2) is 10.4. The van der Waals surface area contributed by atoms with Crippen molar-refractivity contribution in [1.82, 2.24) is 14.9 Å². The van der Waals surface area contributed by atoms with E-state index in [0.717, 1.165) is 24.0 Å².